The normalized spacial score (nSPS) is 15.6. The largest absolute Gasteiger partial charge is 0.333 e. The second kappa shape index (κ2) is 13.5. The molecule has 0 bridgehead atoms. The van der Waals surface area contributed by atoms with E-state index in [1.807, 2.05) is 6.07 Å². The molecule has 0 saturated carbocycles. The summed E-state index contributed by atoms with van der Waals surface area (Å²) in [6.45, 7) is 0. The molecular formula is C57H39N3. The smallest absolute Gasteiger partial charge is 0.159 e. The topological polar surface area (TPSA) is 28.0 Å². The van der Waals surface area contributed by atoms with Crippen molar-refractivity contribution >= 4 is 22.4 Å². The molecule has 2 aliphatic carbocycles. The fourth-order valence-electron chi connectivity index (χ4n) is 10.3. The minimum absolute atomic E-state index is 0.223. The van der Waals surface area contributed by atoms with Crippen molar-refractivity contribution in [3.05, 3.63) is 251 Å². The second-order valence-electron chi connectivity index (χ2n) is 16.1. The summed E-state index contributed by atoms with van der Waals surface area (Å²) in [5, 5.41) is 2.42. The second-order valence-corrected chi connectivity index (χ2v) is 16.1. The van der Waals surface area contributed by atoms with Crippen molar-refractivity contribution in [3.63, 3.8) is 0 Å². The summed E-state index contributed by atoms with van der Waals surface area (Å²) >= 11 is 0. The van der Waals surface area contributed by atoms with Gasteiger partial charge in [0.2, 0.25) is 0 Å². The predicted molar refractivity (Wildman–Crippen MR) is 248 cm³/mol. The van der Waals surface area contributed by atoms with Gasteiger partial charge in [0.05, 0.1) is 5.41 Å². The number of amidine groups is 2. The van der Waals surface area contributed by atoms with Gasteiger partial charge in [-0.25, -0.2) is 9.98 Å². The van der Waals surface area contributed by atoms with Crippen molar-refractivity contribution in [1.29, 1.82) is 0 Å². The number of nitrogens with zero attached hydrogens (tertiary/aromatic N) is 3. The van der Waals surface area contributed by atoms with Crippen LogP contribution in [0.3, 0.4) is 0 Å². The van der Waals surface area contributed by atoms with E-state index in [0.29, 0.717) is 0 Å². The molecule has 0 radical (unpaired) electrons. The maximum atomic E-state index is 5.35. The molecule has 9 aromatic rings. The van der Waals surface area contributed by atoms with E-state index < -0.39 is 5.41 Å². The van der Waals surface area contributed by atoms with Crippen LogP contribution in [0.15, 0.2) is 222 Å². The lowest BCUT2D eigenvalue weighted by molar-refractivity contribution is 0.383. The Kier molecular flexibility index (Phi) is 7.73. The molecule has 1 unspecified atom stereocenters. The standard InChI is InChI=1S/C57H39N3/c1-60-55(38-18-4-2-5-19-38)58-54(59-56(60)39-20-6-3-7-21-39)42-23-16-22-41(35-42)53-43-24-9-8-17-37(43)31-33-44(53)40-32-34-48-47-27-12-15-30-51(47)57(52(48)36-40)49-28-13-10-25-45(49)46-26-11-14-29-50(46)57/h2-36,55H,1H3. The lowest BCUT2D eigenvalue weighted by Crippen LogP contribution is -2.35. The first-order valence-electron chi connectivity index (χ1n) is 20.7. The number of hydrogen-bond acceptors (Lipinski definition) is 3. The highest BCUT2D eigenvalue weighted by atomic mass is 15.3. The minimum atomic E-state index is -0.415. The van der Waals surface area contributed by atoms with Gasteiger partial charge in [0.15, 0.2) is 5.84 Å². The Morgan fingerprint density at radius 3 is 1.67 bits per heavy atom. The van der Waals surface area contributed by atoms with Crippen LogP contribution in [0.4, 0.5) is 0 Å². The third-order valence-electron chi connectivity index (χ3n) is 12.9. The average Bonchev–Trinajstić information content (AvgIpc) is 3.79. The Morgan fingerprint density at radius 2 is 0.967 bits per heavy atom. The molecule has 60 heavy (non-hydrogen) atoms. The van der Waals surface area contributed by atoms with Crippen molar-refractivity contribution in [2.75, 3.05) is 7.05 Å². The average molecular weight is 766 g/mol. The summed E-state index contributed by atoms with van der Waals surface area (Å²) in [5.74, 6) is 1.62. The number of rotatable bonds is 5. The van der Waals surface area contributed by atoms with E-state index in [9.17, 15) is 0 Å². The fraction of sp³-hybridized carbons (Fsp3) is 0.0526. The van der Waals surface area contributed by atoms with Crippen molar-refractivity contribution in [3.8, 4) is 44.5 Å². The van der Waals surface area contributed by atoms with Crippen LogP contribution in [-0.4, -0.2) is 23.6 Å². The summed E-state index contributed by atoms with van der Waals surface area (Å²) < 4.78 is 0. The number of aliphatic imine (C=N–C) groups is 2. The van der Waals surface area contributed by atoms with Crippen LogP contribution in [0.1, 0.15) is 45.1 Å². The van der Waals surface area contributed by atoms with Crippen LogP contribution in [-0.2, 0) is 5.41 Å². The van der Waals surface area contributed by atoms with Crippen molar-refractivity contribution in [1.82, 2.24) is 4.90 Å². The van der Waals surface area contributed by atoms with E-state index in [-0.39, 0.29) is 6.17 Å². The van der Waals surface area contributed by atoms with E-state index in [2.05, 4.69) is 218 Å². The zero-order valence-electron chi connectivity index (χ0n) is 33.1. The first-order valence-corrected chi connectivity index (χ1v) is 20.7. The van der Waals surface area contributed by atoms with Crippen molar-refractivity contribution in [2.24, 2.45) is 9.98 Å². The highest BCUT2D eigenvalue weighted by molar-refractivity contribution is 6.14. The molecule has 282 valence electrons. The highest BCUT2D eigenvalue weighted by Gasteiger charge is 2.51. The van der Waals surface area contributed by atoms with Crippen LogP contribution in [0.25, 0.3) is 55.3 Å². The molecule has 1 aliphatic heterocycles. The van der Waals surface area contributed by atoms with Gasteiger partial charge >= 0.3 is 0 Å². The summed E-state index contributed by atoms with van der Waals surface area (Å²) in [6.07, 6.45) is -0.223. The Balaban J connectivity index is 1.06. The van der Waals surface area contributed by atoms with Gasteiger partial charge in [-0.15, -0.1) is 0 Å². The molecule has 3 heteroatoms. The molecule has 0 saturated heterocycles. The molecule has 0 fully saturated rings. The Hall–Kier alpha value is -7.62. The van der Waals surface area contributed by atoms with Gasteiger partial charge < -0.3 is 4.90 Å². The molecule has 0 amide bonds. The van der Waals surface area contributed by atoms with Crippen LogP contribution < -0.4 is 0 Å². The highest BCUT2D eigenvalue weighted by Crippen LogP contribution is 2.63. The van der Waals surface area contributed by atoms with E-state index in [4.69, 9.17) is 9.98 Å². The van der Waals surface area contributed by atoms with Gasteiger partial charge in [-0.05, 0) is 95.2 Å². The number of hydrogen-bond donors (Lipinski definition) is 0. The molecule has 0 N–H and O–H groups in total. The summed E-state index contributed by atoms with van der Waals surface area (Å²) in [7, 11) is 2.09. The van der Waals surface area contributed by atoms with Gasteiger partial charge in [-0.1, -0.05) is 200 Å². The van der Waals surface area contributed by atoms with Crippen molar-refractivity contribution in [2.45, 2.75) is 11.6 Å². The van der Waals surface area contributed by atoms with Gasteiger partial charge in [0.25, 0.3) is 0 Å². The van der Waals surface area contributed by atoms with Crippen molar-refractivity contribution < 1.29 is 0 Å². The zero-order valence-corrected chi connectivity index (χ0v) is 33.1. The molecule has 1 spiro atoms. The Labute approximate surface area is 350 Å². The third kappa shape index (κ3) is 5.02. The molecule has 3 nitrogen and oxygen atoms in total. The van der Waals surface area contributed by atoms with Gasteiger partial charge in [0.1, 0.15) is 12.0 Å². The molecule has 0 aromatic heterocycles. The summed E-state index contributed by atoms with van der Waals surface area (Å²) in [4.78, 5) is 12.8. The van der Waals surface area contributed by atoms with E-state index >= 15 is 0 Å². The minimum Gasteiger partial charge on any atom is -0.333 e. The molecule has 3 aliphatic rings. The van der Waals surface area contributed by atoms with E-state index in [1.54, 1.807) is 0 Å². The summed E-state index contributed by atoms with van der Waals surface area (Å²) in [5.41, 5.74) is 18.1. The molecule has 1 heterocycles. The molecule has 9 aromatic carbocycles. The monoisotopic (exact) mass is 765 g/mol. The van der Waals surface area contributed by atoms with E-state index in [1.165, 1.54) is 72.0 Å². The molecular weight excluding hydrogens is 727 g/mol. The SMILES string of the molecule is CN1C(c2ccccc2)=NC(c2cccc(-c3c(-c4ccc5c(c4)C4(c6ccccc6-c6ccccc64)c4ccccc4-5)ccc4ccccc34)c2)=NC1c1ccccc1. The Morgan fingerprint density at radius 1 is 0.417 bits per heavy atom. The first-order chi connectivity index (χ1) is 29.7. The van der Waals surface area contributed by atoms with Gasteiger partial charge in [-0.2, -0.15) is 0 Å². The van der Waals surface area contributed by atoms with Crippen LogP contribution in [0.5, 0.6) is 0 Å². The van der Waals surface area contributed by atoms with Crippen LogP contribution in [0, 0.1) is 0 Å². The quantitative estimate of drug-likeness (QED) is 0.171. The first kappa shape index (κ1) is 34.4. The molecule has 12 rings (SSSR count). The maximum Gasteiger partial charge on any atom is 0.159 e. The lowest BCUT2D eigenvalue weighted by atomic mass is 9.70. The van der Waals surface area contributed by atoms with Gasteiger partial charge in [-0.3, -0.25) is 0 Å². The third-order valence-corrected chi connectivity index (χ3v) is 12.9. The zero-order chi connectivity index (χ0) is 39.8. The fourth-order valence-corrected chi connectivity index (χ4v) is 10.3. The van der Waals surface area contributed by atoms with Gasteiger partial charge in [0, 0.05) is 18.2 Å². The van der Waals surface area contributed by atoms with Crippen LogP contribution >= 0.6 is 0 Å². The predicted octanol–water partition coefficient (Wildman–Crippen LogP) is 13.4. The summed E-state index contributed by atoms with van der Waals surface area (Å²) in [6, 6.07) is 77.4. The number of fused-ring (bicyclic) bond motifs is 11. The Bertz CT molecular complexity index is 3170. The lowest BCUT2D eigenvalue weighted by Gasteiger charge is -2.32. The number of benzene rings is 9. The molecule has 1 atom stereocenters. The van der Waals surface area contributed by atoms with Crippen LogP contribution in [0.2, 0.25) is 0 Å². The maximum absolute atomic E-state index is 5.35. The van der Waals surface area contributed by atoms with E-state index in [0.717, 1.165) is 33.9 Å².